The van der Waals surface area contributed by atoms with Crippen molar-refractivity contribution in [1.29, 1.82) is 0 Å². The number of benzene rings is 3. The Morgan fingerprint density at radius 2 is 1.68 bits per heavy atom. The summed E-state index contributed by atoms with van der Waals surface area (Å²) in [6, 6.07) is 18.2. The summed E-state index contributed by atoms with van der Waals surface area (Å²) in [5.41, 5.74) is 2.67. The average Bonchev–Trinajstić information content (AvgIpc) is 3.06. The second kappa shape index (κ2) is 6.38. The number of sulfonamides is 1. The molecule has 3 aromatic carbocycles. The molecule has 142 valence electrons. The smallest absolute Gasteiger partial charge is 0.261 e. The molecule has 1 atom stereocenters. The van der Waals surface area contributed by atoms with Gasteiger partial charge in [-0.05, 0) is 37.0 Å². The van der Waals surface area contributed by atoms with Crippen molar-refractivity contribution in [2.45, 2.75) is 31.1 Å². The number of hydrogen-bond donors (Lipinski definition) is 1. The van der Waals surface area contributed by atoms with Crippen LogP contribution in [0, 0.1) is 5.92 Å². The third-order valence-corrected chi connectivity index (χ3v) is 6.98. The van der Waals surface area contributed by atoms with Gasteiger partial charge in [-0.25, -0.2) is 8.42 Å². The van der Waals surface area contributed by atoms with Gasteiger partial charge in [0.1, 0.15) is 11.3 Å². The number of rotatable bonds is 3. The molecule has 5 rings (SSSR count). The van der Waals surface area contributed by atoms with E-state index in [1.165, 1.54) is 5.56 Å². The monoisotopic (exact) mass is 391 g/mol. The molecule has 5 heteroatoms. The van der Waals surface area contributed by atoms with Crippen molar-refractivity contribution in [2.75, 3.05) is 4.72 Å². The van der Waals surface area contributed by atoms with E-state index < -0.39 is 10.0 Å². The van der Waals surface area contributed by atoms with Gasteiger partial charge in [-0.1, -0.05) is 49.4 Å². The molecule has 1 aliphatic carbocycles. The largest absolute Gasteiger partial charge is 0.460 e. The molecule has 0 fully saturated rings. The number of nitrogens with one attached hydrogen (secondary N) is 1. The molecule has 0 saturated carbocycles. The fraction of sp³-hybridized carbons (Fsp3) is 0.217. The van der Waals surface area contributed by atoms with Gasteiger partial charge in [0.2, 0.25) is 0 Å². The summed E-state index contributed by atoms with van der Waals surface area (Å²) in [6.07, 6.45) is 3.02. The first-order valence-electron chi connectivity index (χ1n) is 9.57. The van der Waals surface area contributed by atoms with Crippen LogP contribution in [-0.2, 0) is 22.9 Å². The Hall–Kier alpha value is -2.79. The van der Waals surface area contributed by atoms with Crippen LogP contribution < -0.4 is 4.72 Å². The zero-order chi connectivity index (χ0) is 19.3. The molecule has 28 heavy (non-hydrogen) atoms. The number of aryl methyl sites for hydroxylation is 1. The van der Waals surface area contributed by atoms with Crippen molar-refractivity contribution in [3.63, 3.8) is 0 Å². The van der Waals surface area contributed by atoms with Crippen molar-refractivity contribution in [2.24, 2.45) is 5.92 Å². The Morgan fingerprint density at radius 3 is 2.46 bits per heavy atom. The number of anilines is 1. The predicted octanol–water partition coefficient (Wildman–Crippen LogP) is 5.51. The third-order valence-electron chi connectivity index (χ3n) is 5.60. The van der Waals surface area contributed by atoms with Crippen LogP contribution in [0.25, 0.3) is 21.7 Å². The second-order valence-corrected chi connectivity index (χ2v) is 9.30. The molecule has 1 heterocycles. The lowest BCUT2D eigenvalue weighted by atomic mass is 9.88. The van der Waals surface area contributed by atoms with E-state index in [4.69, 9.17) is 4.42 Å². The summed E-state index contributed by atoms with van der Waals surface area (Å²) in [6.45, 7) is 2.24. The summed E-state index contributed by atoms with van der Waals surface area (Å²) in [5.74, 6) is 1.65. The molecule has 1 unspecified atom stereocenters. The maximum atomic E-state index is 12.9. The lowest BCUT2D eigenvalue weighted by Crippen LogP contribution is -2.13. The highest BCUT2D eigenvalue weighted by Gasteiger charge is 2.24. The van der Waals surface area contributed by atoms with E-state index in [9.17, 15) is 8.42 Å². The van der Waals surface area contributed by atoms with Crippen molar-refractivity contribution >= 4 is 37.5 Å². The fourth-order valence-electron chi connectivity index (χ4n) is 4.15. The van der Waals surface area contributed by atoms with Gasteiger partial charge in [-0.15, -0.1) is 0 Å². The van der Waals surface area contributed by atoms with Crippen LogP contribution in [0.2, 0.25) is 0 Å². The molecular weight excluding hydrogens is 370 g/mol. The van der Waals surface area contributed by atoms with Crippen LogP contribution in [0.3, 0.4) is 0 Å². The lowest BCUT2D eigenvalue weighted by molar-refractivity contribution is 0.427. The van der Waals surface area contributed by atoms with Gasteiger partial charge >= 0.3 is 0 Å². The quantitative estimate of drug-likeness (QED) is 0.501. The van der Waals surface area contributed by atoms with Crippen LogP contribution in [0.1, 0.15) is 24.7 Å². The fourth-order valence-corrected chi connectivity index (χ4v) is 5.25. The van der Waals surface area contributed by atoms with Crippen LogP contribution in [0.4, 0.5) is 5.69 Å². The highest BCUT2D eigenvalue weighted by Crippen LogP contribution is 2.40. The molecule has 1 N–H and O–H groups in total. The third kappa shape index (κ3) is 2.78. The topological polar surface area (TPSA) is 59.3 Å². The van der Waals surface area contributed by atoms with Gasteiger partial charge in [0.15, 0.2) is 0 Å². The maximum absolute atomic E-state index is 12.9. The van der Waals surface area contributed by atoms with Crippen LogP contribution in [0.5, 0.6) is 0 Å². The van der Waals surface area contributed by atoms with E-state index in [2.05, 4.69) is 11.6 Å². The first-order valence-corrected chi connectivity index (χ1v) is 11.0. The van der Waals surface area contributed by atoms with Gasteiger partial charge in [0, 0.05) is 28.1 Å². The Kier molecular flexibility index (Phi) is 3.95. The summed E-state index contributed by atoms with van der Waals surface area (Å²) < 4.78 is 34.9. The number of furan rings is 1. The Balaban J connectivity index is 1.72. The predicted molar refractivity (Wildman–Crippen MR) is 112 cm³/mol. The Bertz CT molecular complexity index is 1290. The molecule has 4 aromatic rings. The zero-order valence-corrected chi connectivity index (χ0v) is 16.4. The van der Waals surface area contributed by atoms with Gasteiger partial charge in [0.25, 0.3) is 10.0 Å². The Morgan fingerprint density at radius 1 is 0.964 bits per heavy atom. The van der Waals surface area contributed by atoms with Crippen LogP contribution in [-0.4, -0.2) is 8.42 Å². The minimum absolute atomic E-state index is 0.252. The summed E-state index contributed by atoms with van der Waals surface area (Å²) in [5, 5.41) is 2.80. The highest BCUT2D eigenvalue weighted by molar-refractivity contribution is 7.92. The van der Waals surface area contributed by atoms with Crippen molar-refractivity contribution < 1.29 is 12.8 Å². The maximum Gasteiger partial charge on any atom is 0.261 e. The highest BCUT2D eigenvalue weighted by atomic mass is 32.2. The van der Waals surface area contributed by atoms with Crippen molar-refractivity contribution in [3.05, 3.63) is 72.0 Å². The standard InChI is InChI=1S/C23H21NO3S/c1-15-11-12-18-20-14-21(24-28(25,26)16-7-3-2-4-8-16)17-9-5-6-10-19(17)23(20)27-22(18)13-15/h2-10,14-15,24H,11-13H2,1H3. The molecule has 1 aliphatic rings. The first-order chi connectivity index (χ1) is 13.5. The average molecular weight is 391 g/mol. The van der Waals surface area contributed by atoms with E-state index in [1.807, 2.05) is 30.3 Å². The van der Waals surface area contributed by atoms with Gasteiger partial charge in [0.05, 0.1) is 10.6 Å². The van der Waals surface area contributed by atoms with E-state index in [0.717, 1.165) is 46.8 Å². The van der Waals surface area contributed by atoms with Crippen LogP contribution in [0.15, 0.2) is 70.0 Å². The molecule has 0 radical (unpaired) electrons. The minimum Gasteiger partial charge on any atom is -0.460 e. The summed E-state index contributed by atoms with van der Waals surface area (Å²) in [4.78, 5) is 0.252. The molecule has 0 spiro atoms. The van der Waals surface area contributed by atoms with E-state index in [0.29, 0.717) is 11.6 Å². The summed E-state index contributed by atoms with van der Waals surface area (Å²) in [7, 11) is -3.67. The van der Waals surface area contributed by atoms with Crippen LogP contribution >= 0.6 is 0 Å². The van der Waals surface area contributed by atoms with E-state index in [1.54, 1.807) is 30.3 Å². The van der Waals surface area contributed by atoms with Gasteiger partial charge in [-0.3, -0.25) is 4.72 Å². The Labute approximate surface area is 164 Å². The van der Waals surface area contributed by atoms with Gasteiger partial charge in [-0.2, -0.15) is 0 Å². The molecule has 1 aromatic heterocycles. The summed E-state index contributed by atoms with van der Waals surface area (Å²) >= 11 is 0. The van der Waals surface area contributed by atoms with E-state index >= 15 is 0 Å². The molecule has 0 bridgehead atoms. The molecule has 0 aliphatic heterocycles. The SMILES string of the molecule is CC1CCc2c(oc3c2cc(NS(=O)(=O)c2ccccc2)c2ccccc23)C1. The number of hydrogen-bond acceptors (Lipinski definition) is 3. The minimum atomic E-state index is -3.67. The molecular formula is C23H21NO3S. The van der Waals surface area contributed by atoms with Gasteiger partial charge < -0.3 is 4.42 Å². The second-order valence-electron chi connectivity index (χ2n) is 7.62. The molecule has 4 nitrogen and oxygen atoms in total. The van der Waals surface area contributed by atoms with Crippen molar-refractivity contribution in [1.82, 2.24) is 0 Å². The molecule has 0 amide bonds. The first kappa shape index (κ1) is 17.3. The normalized spacial score (nSPS) is 17.0. The number of fused-ring (bicyclic) bond motifs is 5. The van der Waals surface area contributed by atoms with Crippen molar-refractivity contribution in [3.8, 4) is 0 Å². The zero-order valence-electron chi connectivity index (χ0n) is 15.6. The van der Waals surface area contributed by atoms with E-state index in [-0.39, 0.29) is 4.90 Å². The molecule has 0 saturated heterocycles. The lowest BCUT2D eigenvalue weighted by Gasteiger charge is -2.16.